The summed E-state index contributed by atoms with van der Waals surface area (Å²) >= 11 is 0. The highest BCUT2D eigenvalue weighted by atomic mass is 19.1. The minimum absolute atomic E-state index is 0.188. The first-order valence-corrected chi connectivity index (χ1v) is 8.56. The fourth-order valence-electron chi connectivity index (χ4n) is 3.46. The number of nitrogens with one attached hydrogen (secondary N) is 1. The van der Waals surface area contributed by atoms with Gasteiger partial charge in [0.15, 0.2) is 0 Å². The Labute approximate surface area is 148 Å². The van der Waals surface area contributed by atoms with Gasteiger partial charge in [-0.05, 0) is 54.3 Å². The maximum absolute atomic E-state index is 14.3. The van der Waals surface area contributed by atoms with E-state index in [-0.39, 0.29) is 11.5 Å². The van der Waals surface area contributed by atoms with E-state index >= 15 is 0 Å². The van der Waals surface area contributed by atoms with Crippen molar-refractivity contribution in [1.82, 2.24) is 15.1 Å². The van der Waals surface area contributed by atoms with E-state index in [0.29, 0.717) is 23.7 Å². The molecule has 1 aliphatic carbocycles. The number of nitrogens with zero attached hydrogens (tertiary/aromatic N) is 2. The van der Waals surface area contributed by atoms with Gasteiger partial charge in [0.05, 0.1) is 11.7 Å². The van der Waals surface area contributed by atoms with Crippen LogP contribution in [0.4, 0.5) is 8.78 Å². The smallest absolute Gasteiger partial charge is 0.251 e. The zero-order valence-corrected chi connectivity index (χ0v) is 13.8. The number of amides is 1. The molecule has 6 heteroatoms. The van der Waals surface area contributed by atoms with Crippen molar-refractivity contribution in [3.05, 3.63) is 65.4 Å². The minimum Gasteiger partial charge on any atom is -0.348 e. The first-order chi connectivity index (χ1) is 12.6. The molecule has 1 fully saturated rings. The molecule has 2 heterocycles. The van der Waals surface area contributed by atoms with E-state index in [1.54, 1.807) is 6.07 Å². The molecular weight excluding hydrogens is 336 g/mol. The van der Waals surface area contributed by atoms with Crippen LogP contribution in [0.25, 0.3) is 22.4 Å². The second kappa shape index (κ2) is 5.49. The van der Waals surface area contributed by atoms with Gasteiger partial charge in [0, 0.05) is 35.5 Å². The summed E-state index contributed by atoms with van der Waals surface area (Å²) in [6.45, 7) is 0.423. The lowest BCUT2D eigenvalue weighted by Crippen LogP contribution is -2.12. The van der Waals surface area contributed by atoms with E-state index in [1.165, 1.54) is 12.1 Å². The third-order valence-corrected chi connectivity index (χ3v) is 4.97. The normalized spacial score (nSPS) is 15.8. The molecule has 5 rings (SSSR count). The molecule has 1 N–H and O–H groups in total. The van der Waals surface area contributed by atoms with Gasteiger partial charge in [0.2, 0.25) is 0 Å². The molecule has 1 aromatic heterocycles. The molecule has 0 atom stereocenters. The third-order valence-electron chi connectivity index (χ3n) is 4.97. The topological polar surface area (TPSA) is 46.9 Å². The first kappa shape index (κ1) is 15.3. The first-order valence-electron chi connectivity index (χ1n) is 8.56. The highest BCUT2D eigenvalue weighted by molar-refractivity contribution is 6.02. The van der Waals surface area contributed by atoms with Crippen LogP contribution >= 0.6 is 0 Å². The number of benzene rings is 2. The second-order valence-corrected chi connectivity index (χ2v) is 6.77. The Hall–Kier alpha value is -3.02. The van der Waals surface area contributed by atoms with Crippen molar-refractivity contribution in [2.45, 2.75) is 25.4 Å². The Morgan fingerprint density at radius 2 is 1.85 bits per heavy atom. The predicted octanol–water partition coefficient (Wildman–Crippen LogP) is 4.07. The fourth-order valence-corrected chi connectivity index (χ4v) is 3.46. The number of hydrogen-bond acceptors (Lipinski definition) is 2. The highest BCUT2D eigenvalue weighted by Crippen LogP contribution is 2.37. The van der Waals surface area contributed by atoms with Crippen LogP contribution in [-0.4, -0.2) is 15.7 Å². The van der Waals surface area contributed by atoms with Crippen molar-refractivity contribution in [2.75, 3.05) is 0 Å². The van der Waals surface area contributed by atoms with Gasteiger partial charge in [-0.25, -0.2) is 8.78 Å². The molecule has 2 aromatic carbocycles. The lowest BCUT2D eigenvalue weighted by Gasteiger charge is -2.10. The molecule has 0 saturated heterocycles. The Morgan fingerprint density at radius 1 is 1.04 bits per heavy atom. The van der Waals surface area contributed by atoms with E-state index < -0.39 is 11.6 Å². The predicted molar refractivity (Wildman–Crippen MR) is 92.5 cm³/mol. The lowest BCUT2D eigenvalue weighted by atomic mass is 9.94. The van der Waals surface area contributed by atoms with Gasteiger partial charge in [-0.15, -0.1) is 0 Å². The van der Waals surface area contributed by atoms with Gasteiger partial charge in [-0.2, -0.15) is 5.10 Å². The average Bonchev–Trinajstić information content (AvgIpc) is 3.24. The molecule has 3 aromatic rings. The van der Waals surface area contributed by atoms with Crippen molar-refractivity contribution in [3.8, 4) is 22.4 Å². The number of halogens is 2. The SMILES string of the molecule is O=C1NCc2c1cc(-c1ccc(F)cc1F)cc2-c1ccn(C2CC2)n1. The summed E-state index contributed by atoms with van der Waals surface area (Å²) in [5, 5.41) is 7.45. The van der Waals surface area contributed by atoms with Gasteiger partial charge < -0.3 is 5.32 Å². The summed E-state index contributed by atoms with van der Waals surface area (Å²) in [6.07, 6.45) is 4.19. The minimum atomic E-state index is -0.655. The van der Waals surface area contributed by atoms with Crippen LogP contribution in [0.3, 0.4) is 0 Å². The monoisotopic (exact) mass is 351 g/mol. The Balaban J connectivity index is 1.69. The summed E-state index contributed by atoms with van der Waals surface area (Å²) in [5.41, 5.74) is 3.74. The summed E-state index contributed by atoms with van der Waals surface area (Å²) in [6, 6.07) is 9.32. The number of carbonyl (C=O) groups excluding carboxylic acids is 1. The van der Waals surface area contributed by atoms with Crippen LogP contribution in [0.5, 0.6) is 0 Å². The summed E-state index contributed by atoms with van der Waals surface area (Å²) in [7, 11) is 0. The zero-order valence-electron chi connectivity index (χ0n) is 13.8. The molecule has 130 valence electrons. The van der Waals surface area contributed by atoms with Gasteiger partial charge in [-0.3, -0.25) is 9.48 Å². The van der Waals surface area contributed by atoms with E-state index in [1.807, 2.05) is 23.0 Å². The van der Waals surface area contributed by atoms with Crippen molar-refractivity contribution in [2.24, 2.45) is 0 Å². The third kappa shape index (κ3) is 2.41. The Morgan fingerprint density at radius 3 is 2.62 bits per heavy atom. The summed E-state index contributed by atoms with van der Waals surface area (Å²) < 4.78 is 29.5. The molecule has 1 aliphatic heterocycles. The molecule has 0 radical (unpaired) electrons. The van der Waals surface area contributed by atoms with Gasteiger partial charge in [0.25, 0.3) is 5.91 Å². The average molecular weight is 351 g/mol. The molecule has 0 bridgehead atoms. The Bertz CT molecular complexity index is 1050. The quantitative estimate of drug-likeness (QED) is 0.773. The van der Waals surface area contributed by atoms with Crippen LogP contribution in [0.2, 0.25) is 0 Å². The van der Waals surface area contributed by atoms with E-state index in [9.17, 15) is 13.6 Å². The number of hydrogen-bond donors (Lipinski definition) is 1. The van der Waals surface area contributed by atoms with E-state index in [4.69, 9.17) is 0 Å². The van der Waals surface area contributed by atoms with Crippen LogP contribution in [0, 0.1) is 11.6 Å². The molecule has 2 aliphatic rings. The maximum atomic E-state index is 14.3. The van der Waals surface area contributed by atoms with Gasteiger partial charge in [0.1, 0.15) is 11.6 Å². The van der Waals surface area contributed by atoms with Gasteiger partial charge in [-0.1, -0.05) is 0 Å². The van der Waals surface area contributed by atoms with Crippen LogP contribution < -0.4 is 5.32 Å². The molecule has 0 spiro atoms. The molecule has 1 saturated carbocycles. The number of aromatic nitrogens is 2. The van der Waals surface area contributed by atoms with Crippen LogP contribution in [-0.2, 0) is 6.54 Å². The maximum Gasteiger partial charge on any atom is 0.251 e. The second-order valence-electron chi connectivity index (χ2n) is 6.77. The standard InChI is InChI=1S/C20H15F2N3O/c21-12-1-4-14(18(22)9-12)11-7-15(17-10-23-20(26)16(17)8-11)19-5-6-25(24-19)13-2-3-13/h1,4-9,13H,2-3,10H2,(H,23,26). The fraction of sp³-hybridized carbons (Fsp3) is 0.200. The zero-order chi connectivity index (χ0) is 17.8. The van der Waals surface area contributed by atoms with E-state index in [0.717, 1.165) is 35.7 Å². The molecular formula is C20H15F2N3O. The number of fused-ring (bicyclic) bond motifs is 1. The van der Waals surface area contributed by atoms with E-state index in [2.05, 4.69) is 10.4 Å². The summed E-state index contributed by atoms with van der Waals surface area (Å²) in [4.78, 5) is 12.2. The molecule has 26 heavy (non-hydrogen) atoms. The van der Waals surface area contributed by atoms with Crippen molar-refractivity contribution >= 4 is 5.91 Å². The Kier molecular flexibility index (Phi) is 3.22. The van der Waals surface area contributed by atoms with Crippen molar-refractivity contribution in [1.29, 1.82) is 0 Å². The van der Waals surface area contributed by atoms with Crippen LogP contribution in [0.1, 0.15) is 34.8 Å². The molecule has 0 unspecified atom stereocenters. The highest BCUT2D eigenvalue weighted by Gasteiger charge is 2.27. The largest absolute Gasteiger partial charge is 0.348 e. The molecule has 1 amide bonds. The number of carbonyl (C=O) groups is 1. The lowest BCUT2D eigenvalue weighted by molar-refractivity contribution is 0.0966. The van der Waals surface area contributed by atoms with Crippen LogP contribution in [0.15, 0.2) is 42.6 Å². The molecule has 4 nitrogen and oxygen atoms in total. The number of rotatable bonds is 3. The summed E-state index contributed by atoms with van der Waals surface area (Å²) in [5.74, 6) is -1.47. The van der Waals surface area contributed by atoms with Crippen molar-refractivity contribution < 1.29 is 13.6 Å². The van der Waals surface area contributed by atoms with Gasteiger partial charge >= 0.3 is 0 Å². The van der Waals surface area contributed by atoms with Crippen molar-refractivity contribution in [3.63, 3.8) is 0 Å².